The highest BCUT2D eigenvalue weighted by molar-refractivity contribution is 8.14. The van der Waals surface area contributed by atoms with E-state index in [-0.39, 0.29) is 0 Å². The van der Waals surface area contributed by atoms with Crippen LogP contribution in [0, 0.1) is 5.92 Å². The van der Waals surface area contributed by atoms with Crippen molar-refractivity contribution in [1.29, 1.82) is 0 Å². The van der Waals surface area contributed by atoms with Gasteiger partial charge in [-0.25, -0.2) is 0 Å². The molecule has 4 heteroatoms. The fraction of sp³-hybridized carbons (Fsp3) is 0.941. The summed E-state index contributed by atoms with van der Waals surface area (Å²) in [6.07, 6.45) is 10.8. The van der Waals surface area contributed by atoms with Crippen molar-refractivity contribution < 1.29 is 0 Å². The molecule has 0 radical (unpaired) electrons. The van der Waals surface area contributed by atoms with Crippen LogP contribution in [-0.4, -0.2) is 47.5 Å². The van der Waals surface area contributed by atoms with Crippen molar-refractivity contribution in [3.8, 4) is 0 Å². The zero-order chi connectivity index (χ0) is 14.9. The van der Waals surface area contributed by atoms with Crippen LogP contribution in [0.1, 0.15) is 58.3 Å². The first-order valence-electron chi connectivity index (χ1n) is 8.67. The van der Waals surface area contributed by atoms with Crippen LogP contribution in [0.4, 0.5) is 0 Å². The molecule has 0 unspecified atom stereocenters. The summed E-state index contributed by atoms with van der Waals surface area (Å²) < 4.78 is 0. The molecule has 0 aromatic heterocycles. The summed E-state index contributed by atoms with van der Waals surface area (Å²) in [4.78, 5) is 7.41. The number of nitrogens with zero attached hydrogens (tertiary/aromatic N) is 2. The second-order valence-electron chi connectivity index (χ2n) is 7.82. The highest BCUT2D eigenvalue weighted by Crippen LogP contribution is 2.39. The summed E-state index contributed by atoms with van der Waals surface area (Å²) in [6, 6.07) is 0. The van der Waals surface area contributed by atoms with Gasteiger partial charge in [0.05, 0.1) is 6.54 Å². The number of amidine groups is 1. The number of aliphatic imine (C=N–C) groups is 1. The van der Waals surface area contributed by atoms with Gasteiger partial charge in [-0.3, -0.25) is 4.99 Å². The van der Waals surface area contributed by atoms with E-state index < -0.39 is 0 Å². The quantitative estimate of drug-likeness (QED) is 0.864. The molecule has 0 bridgehead atoms. The molecule has 2 aliphatic carbocycles. The van der Waals surface area contributed by atoms with Crippen molar-refractivity contribution in [2.45, 2.75) is 69.4 Å². The van der Waals surface area contributed by atoms with Gasteiger partial charge in [0.15, 0.2) is 5.17 Å². The lowest BCUT2D eigenvalue weighted by Crippen LogP contribution is -2.47. The molecule has 1 saturated heterocycles. The Labute approximate surface area is 134 Å². The van der Waals surface area contributed by atoms with E-state index in [1.165, 1.54) is 62.3 Å². The summed E-state index contributed by atoms with van der Waals surface area (Å²) in [7, 11) is 4.45. The lowest BCUT2D eigenvalue weighted by Gasteiger charge is -2.36. The van der Waals surface area contributed by atoms with E-state index in [0.717, 1.165) is 12.5 Å². The van der Waals surface area contributed by atoms with Crippen LogP contribution in [0.25, 0.3) is 0 Å². The van der Waals surface area contributed by atoms with Crippen molar-refractivity contribution in [3.63, 3.8) is 0 Å². The van der Waals surface area contributed by atoms with Gasteiger partial charge in [0.2, 0.25) is 0 Å². The maximum absolute atomic E-state index is 4.99. The molecule has 1 aliphatic heterocycles. The fourth-order valence-corrected chi connectivity index (χ4v) is 5.39. The normalized spacial score (nSPS) is 37.5. The highest BCUT2D eigenvalue weighted by Gasteiger charge is 2.40. The summed E-state index contributed by atoms with van der Waals surface area (Å²) in [5, 5.41) is 5.02. The second kappa shape index (κ2) is 6.11. The fourth-order valence-electron chi connectivity index (χ4n) is 4.17. The summed E-state index contributed by atoms with van der Waals surface area (Å²) >= 11 is 1.96. The lowest BCUT2D eigenvalue weighted by molar-refractivity contribution is 0.167. The number of thioether (sulfide) groups is 1. The van der Waals surface area contributed by atoms with Gasteiger partial charge in [-0.2, -0.15) is 0 Å². The van der Waals surface area contributed by atoms with Crippen molar-refractivity contribution in [2.24, 2.45) is 10.9 Å². The number of nitrogens with one attached hydrogen (secondary N) is 1. The molecule has 0 amide bonds. The minimum absolute atomic E-state index is 0.325. The van der Waals surface area contributed by atoms with Crippen molar-refractivity contribution >= 4 is 16.9 Å². The molecule has 0 aromatic carbocycles. The maximum atomic E-state index is 4.99. The molecule has 3 rings (SSSR count). The van der Waals surface area contributed by atoms with Crippen molar-refractivity contribution in [3.05, 3.63) is 0 Å². The molecule has 3 aliphatic rings. The van der Waals surface area contributed by atoms with Gasteiger partial charge in [-0.1, -0.05) is 31.5 Å². The Hall–Kier alpha value is -0.220. The van der Waals surface area contributed by atoms with Crippen LogP contribution >= 0.6 is 11.8 Å². The average Bonchev–Trinajstić information content (AvgIpc) is 3.09. The molecule has 21 heavy (non-hydrogen) atoms. The van der Waals surface area contributed by atoms with E-state index in [4.69, 9.17) is 4.99 Å². The molecular weight excluding hydrogens is 278 g/mol. The molecule has 0 aromatic rings. The lowest BCUT2D eigenvalue weighted by atomic mass is 9.78. The van der Waals surface area contributed by atoms with Crippen LogP contribution < -0.4 is 5.32 Å². The van der Waals surface area contributed by atoms with Crippen LogP contribution in [0.3, 0.4) is 0 Å². The van der Waals surface area contributed by atoms with Crippen LogP contribution in [0.15, 0.2) is 4.99 Å². The molecule has 2 saturated carbocycles. The summed E-state index contributed by atoms with van der Waals surface area (Å²) in [5.41, 5.74) is 0.697. The average molecular weight is 310 g/mol. The number of rotatable bonds is 3. The van der Waals surface area contributed by atoms with E-state index in [1.807, 2.05) is 11.8 Å². The van der Waals surface area contributed by atoms with Crippen molar-refractivity contribution in [2.75, 3.05) is 26.4 Å². The van der Waals surface area contributed by atoms with E-state index in [9.17, 15) is 0 Å². The Balaban J connectivity index is 1.60. The Kier molecular flexibility index (Phi) is 4.56. The van der Waals surface area contributed by atoms with Crippen LogP contribution in [0.5, 0.6) is 0 Å². The SMILES string of the molecule is CC1CCC2(CC1)CSC(=NCC1(N(C)C)CCCC1)N2. The number of hydrogen-bond donors (Lipinski definition) is 1. The number of likely N-dealkylation sites (N-methyl/N-ethyl adjacent to an activating group) is 1. The zero-order valence-corrected chi connectivity index (χ0v) is 14.8. The highest BCUT2D eigenvalue weighted by atomic mass is 32.2. The van der Waals surface area contributed by atoms with E-state index in [1.54, 1.807) is 0 Å². The van der Waals surface area contributed by atoms with E-state index in [2.05, 4.69) is 31.2 Å². The summed E-state index contributed by atoms with van der Waals surface area (Å²) in [6.45, 7) is 3.37. The van der Waals surface area contributed by atoms with E-state index >= 15 is 0 Å². The van der Waals surface area contributed by atoms with Gasteiger partial charge in [0.1, 0.15) is 0 Å². The third-order valence-electron chi connectivity index (χ3n) is 6.09. The molecule has 120 valence electrons. The Morgan fingerprint density at radius 1 is 1.19 bits per heavy atom. The predicted octanol–water partition coefficient (Wildman–Crippen LogP) is 3.50. The smallest absolute Gasteiger partial charge is 0.157 e. The van der Waals surface area contributed by atoms with Gasteiger partial charge >= 0.3 is 0 Å². The van der Waals surface area contributed by atoms with Gasteiger partial charge in [0.25, 0.3) is 0 Å². The molecule has 3 fully saturated rings. The first kappa shape index (κ1) is 15.7. The van der Waals surface area contributed by atoms with Gasteiger partial charge in [-0.05, 0) is 58.5 Å². The molecular formula is C17H31N3S. The molecule has 3 nitrogen and oxygen atoms in total. The standard InChI is InChI=1S/C17H31N3S/c1-14-6-10-16(11-7-14)13-21-15(19-16)18-12-17(20(2)3)8-4-5-9-17/h14H,4-13H2,1-3H3,(H,18,19). The monoisotopic (exact) mass is 309 g/mol. The Bertz CT molecular complexity index is 391. The van der Waals surface area contributed by atoms with Crippen LogP contribution in [0.2, 0.25) is 0 Å². The minimum atomic E-state index is 0.325. The third-order valence-corrected chi connectivity index (χ3v) is 7.29. The maximum Gasteiger partial charge on any atom is 0.157 e. The first-order valence-corrected chi connectivity index (χ1v) is 9.65. The van der Waals surface area contributed by atoms with Crippen LogP contribution in [-0.2, 0) is 0 Å². The van der Waals surface area contributed by atoms with Gasteiger partial charge in [0, 0.05) is 16.8 Å². The van der Waals surface area contributed by atoms with Crippen molar-refractivity contribution in [1.82, 2.24) is 10.2 Å². The van der Waals surface area contributed by atoms with Gasteiger partial charge in [-0.15, -0.1) is 0 Å². The molecule has 1 heterocycles. The summed E-state index contributed by atoms with van der Waals surface area (Å²) in [5.74, 6) is 2.15. The minimum Gasteiger partial charge on any atom is -0.359 e. The zero-order valence-electron chi connectivity index (χ0n) is 14.0. The second-order valence-corrected chi connectivity index (χ2v) is 8.79. The largest absolute Gasteiger partial charge is 0.359 e. The molecule has 0 atom stereocenters. The molecule has 1 N–H and O–H groups in total. The molecule has 1 spiro atoms. The van der Waals surface area contributed by atoms with E-state index in [0.29, 0.717) is 11.1 Å². The third kappa shape index (κ3) is 3.26. The number of hydrogen-bond acceptors (Lipinski definition) is 3. The first-order chi connectivity index (χ1) is 10.0. The Morgan fingerprint density at radius 2 is 1.86 bits per heavy atom. The predicted molar refractivity (Wildman–Crippen MR) is 93.1 cm³/mol. The van der Waals surface area contributed by atoms with Gasteiger partial charge < -0.3 is 10.2 Å². The topological polar surface area (TPSA) is 27.6 Å². The Morgan fingerprint density at radius 3 is 2.48 bits per heavy atom.